The lowest BCUT2D eigenvalue weighted by Gasteiger charge is -2.34. The molecule has 2 aromatic rings. The highest BCUT2D eigenvalue weighted by Gasteiger charge is 2.20. The number of benzene rings is 2. The van der Waals surface area contributed by atoms with E-state index < -0.39 is 15.1 Å². The van der Waals surface area contributed by atoms with Crippen molar-refractivity contribution in [3.8, 4) is 0 Å². The maximum Gasteiger partial charge on any atom is 0.255 e. The van der Waals surface area contributed by atoms with Gasteiger partial charge in [-0.25, -0.2) is 8.42 Å². The number of rotatable bonds is 5. The van der Waals surface area contributed by atoms with Gasteiger partial charge in [-0.15, -0.1) is 0 Å². The van der Waals surface area contributed by atoms with Crippen molar-refractivity contribution in [1.82, 2.24) is 4.90 Å². The van der Waals surface area contributed by atoms with E-state index in [9.17, 15) is 13.2 Å². The van der Waals surface area contributed by atoms with E-state index >= 15 is 0 Å². The van der Waals surface area contributed by atoms with Crippen LogP contribution < -0.4 is 10.2 Å². The van der Waals surface area contributed by atoms with Gasteiger partial charge in [-0.2, -0.15) is 0 Å². The maximum absolute atomic E-state index is 12.6. The van der Waals surface area contributed by atoms with E-state index in [2.05, 4.69) is 28.2 Å². The molecule has 156 valence electrons. The Morgan fingerprint density at radius 3 is 2.17 bits per heavy atom. The second-order valence-corrected chi connectivity index (χ2v) is 10.4. The Morgan fingerprint density at radius 1 is 1.00 bits per heavy atom. The number of hydrogen-bond donors (Lipinski definition) is 1. The van der Waals surface area contributed by atoms with Crippen LogP contribution >= 0.6 is 0 Å². The number of piperazine rings is 1. The molecule has 1 aliphatic rings. The van der Waals surface area contributed by atoms with Gasteiger partial charge in [-0.05, 0) is 75.8 Å². The minimum Gasteiger partial charge on any atom is -0.369 e. The minimum atomic E-state index is -3.34. The smallest absolute Gasteiger partial charge is 0.255 e. The first-order chi connectivity index (χ1) is 13.7. The zero-order valence-corrected chi connectivity index (χ0v) is 18.3. The number of aryl methyl sites for hydroxylation is 1. The van der Waals surface area contributed by atoms with Gasteiger partial charge in [-0.3, -0.25) is 4.79 Å². The molecule has 2 aromatic carbocycles. The van der Waals surface area contributed by atoms with Crippen molar-refractivity contribution in [3.63, 3.8) is 0 Å². The van der Waals surface area contributed by atoms with Crippen LogP contribution in [0, 0.1) is 6.92 Å². The molecule has 0 radical (unpaired) electrons. The van der Waals surface area contributed by atoms with Gasteiger partial charge < -0.3 is 15.1 Å². The summed E-state index contributed by atoms with van der Waals surface area (Å²) >= 11 is 0. The normalized spacial score (nSPS) is 15.6. The van der Waals surface area contributed by atoms with Crippen LogP contribution in [0.1, 0.15) is 29.8 Å². The topological polar surface area (TPSA) is 69.7 Å². The first-order valence-corrected chi connectivity index (χ1v) is 11.4. The second kappa shape index (κ2) is 8.55. The summed E-state index contributed by atoms with van der Waals surface area (Å²) in [5, 5.41) is 2.43. The molecule has 0 atom stereocenters. The molecule has 7 heteroatoms. The third-order valence-corrected chi connectivity index (χ3v) is 7.56. The highest BCUT2D eigenvalue weighted by atomic mass is 32.2. The molecule has 0 spiro atoms. The van der Waals surface area contributed by atoms with Crippen molar-refractivity contribution < 1.29 is 13.2 Å². The number of likely N-dealkylation sites (N-methyl/N-ethyl adjacent to an activating group) is 1. The number of sulfone groups is 1. The Kier molecular flexibility index (Phi) is 6.29. The Balaban J connectivity index is 1.70. The second-order valence-electron chi connectivity index (χ2n) is 7.86. The van der Waals surface area contributed by atoms with Gasteiger partial charge in [0, 0.05) is 43.1 Å². The number of amides is 1. The van der Waals surface area contributed by atoms with Crippen LogP contribution in [0.25, 0.3) is 0 Å². The monoisotopic (exact) mass is 415 g/mol. The molecule has 0 unspecified atom stereocenters. The van der Waals surface area contributed by atoms with Crippen LogP contribution in [0.2, 0.25) is 0 Å². The van der Waals surface area contributed by atoms with E-state index in [-0.39, 0.29) is 10.8 Å². The molecule has 1 saturated heterocycles. The van der Waals surface area contributed by atoms with Crippen molar-refractivity contribution in [2.45, 2.75) is 30.9 Å². The Hall–Kier alpha value is -2.38. The largest absolute Gasteiger partial charge is 0.369 e. The van der Waals surface area contributed by atoms with Crippen LogP contribution in [-0.4, -0.2) is 57.7 Å². The number of anilines is 2. The number of carbonyl (C=O) groups is 1. The lowest BCUT2D eigenvalue weighted by molar-refractivity contribution is 0.102. The molecule has 1 aliphatic heterocycles. The highest BCUT2D eigenvalue weighted by Crippen LogP contribution is 2.24. The van der Waals surface area contributed by atoms with Crippen molar-refractivity contribution >= 4 is 27.1 Å². The van der Waals surface area contributed by atoms with Gasteiger partial charge in [0.05, 0.1) is 10.1 Å². The van der Waals surface area contributed by atoms with Crippen LogP contribution in [0.5, 0.6) is 0 Å². The quantitative estimate of drug-likeness (QED) is 0.812. The summed E-state index contributed by atoms with van der Waals surface area (Å²) in [6, 6.07) is 12.2. The number of hydrogen-bond acceptors (Lipinski definition) is 5. The van der Waals surface area contributed by atoms with Crippen molar-refractivity contribution in [2.75, 3.05) is 43.4 Å². The third kappa shape index (κ3) is 4.79. The van der Waals surface area contributed by atoms with Crippen molar-refractivity contribution in [1.29, 1.82) is 0 Å². The van der Waals surface area contributed by atoms with Crippen molar-refractivity contribution in [2.24, 2.45) is 0 Å². The Labute approximate surface area is 173 Å². The number of carbonyl (C=O) groups excluding carboxylic acids is 1. The van der Waals surface area contributed by atoms with E-state index in [4.69, 9.17) is 0 Å². The zero-order valence-electron chi connectivity index (χ0n) is 17.5. The van der Waals surface area contributed by atoms with Gasteiger partial charge in [0.2, 0.25) is 0 Å². The van der Waals surface area contributed by atoms with Gasteiger partial charge in [0.1, 0.15) is 0 Å². The van der Waals surface area contributed by atoms with E-state index in [1.807, 2.05) is 19.1 Å². The van der Waals surface area contributed by atoms with Gasteiger partial charge in [0.15, 0.2) is 9.84 Å². The Morgan fingerprint density at radius 2 is 1.62 bits per heavy atom. The summed E-state index contributed by atoms with van der Waals surface area (Å²) in [6.07, 6.45) is 0. The summed E-state index contributed by atoms with van der Waals surface area (Å²) in [5.74, 6) is -0.256. The predicted molar refractivity (Wildman–Crippen MR) is 118 cm³/mol. The molecule has 0 saturated carbocycles. The molecule has 0 aromatic heterocycles. The fraction of sp³-hybridized carbons (Fsp3) is 0.409. The fourth-order valence-corrected chi connectivity index (χ4v) is 4.37. The molecule has 29 heavy (non-hydrogen) atoms. The van der Waals surface area contributed by atoms with Crippen LogP contribution in [-0.2, 0) is 9.84 Å². The molecular weight excluding hydrogens is 386 g/mol. The van der Waals surface area contributed by atoms with E-state index in [0.717, 1.165) is 43.1 Å². The summed E-state index contributed by atoms with van der Waals surface area (Å²) in [6.45, 7) is 9.34. The lowest BCUT2D eigenvalue weighted by Crippen LogP contribution is -2.44. The van der Waals surface area contributed by atoms with E-state index in [1.54, 1.807) is 26.0 Å². The van der Waals surface area contributed by atoms with Crippen molar-refractivity contribution in [3.05, 3.63) is 53.6 Å². The van der Waals surface area contributed by atoms with Crippen LogP contribution in [0.4, 0.5) is 11.4 Å². The average Bonchev–Trinajstić information content (AvgIpc) is 2.70. The summed E-state index contributed by atoms with van der Waals surface area (Å²) in [5.41, 5.74) is 3.34. The van der Waals surface area contributed by atoms with Gasteiger partial charge in [0.25, 0.3) is 5.91 Å². The molecule has 6 nitrogen and oxygen atoms in total. The zero-order chi connectivity index (χ0) is 21.2. The summed E-state index contributed by atoms with van der Waals surface area (Å²) < 4.78 is 24.4. The summed E-state index contributed by atoms with van der Waals surface area (Å²) in [7, 11) is -1.21. The molecular formula is C22H29N3O3S. The van der Waals surface area contributed by atoms with Crippen LogP contribution in [0.15, 0.2) is 47.4 Å². The standard InChI is InChI=1S/C22H29N3O3S/c1-16(2)29(27,28)20-8-5-18(6-9-20)22(26)23-21-10-7-19(15-17(21)3)25-13-11-24(4)12-14-25/h5-10,15-16H,11-14H2,1-4H3,(H,23,26). The summed E-state index contributed by atoms with van der Waals surface area (Å²) in [4.78, 5) is 17.5. The van der Waals surface area contributed by atoms with Gasteiger partial charge >= 0.3 is 0 Å². The molecule has 3 rings (SSSR count). The molecule has 1 N–H and O–H groups in total. The maximum atomic E-state index is 12.6. The molecule has 0 aliphatic carbocycles. The average molecular weight is 416 g/mol. The Bertz CT molecular complexity index is 977. The lowest BCUT2D eigenvalue weighted by atomic mass is 10.1. The van der Waals surface area contributed by atoms with Gasteiger partial charge in [-0.1, -0.05) is 0 Å². The van der Waals surface area contributed by atoms with E-state index in [0.29, 0.717) is 5.56 Å². The number of nitrogens with one attached hydrogen (secondary N) is 1. The first-order valence-electron chi connectivity index (χ1n) is 9.88. The minimum absolute atomic E-state index is 0.233. The van der Waals surface area contributed by atoms with Crippen LogP contribution in [0.3, 0.4) is 0 Å². The number of nitrogens with zero attached hydrogens (tertiary/aromatic N) is 2. The highest BCUT2D eigenvalue weighted by molar-refractivity contribution is 7.92. The third-order valence-electron chi connectivity index (χ3n) is 5.39. The fourth-order valence-electron chi connectivity index (χ4n) is 3.31. The molecule has 1 heterocycles. The predicted octanol–water partition coefficient (Wildman–Crippen LogP) is 3.18. The molecule has 1 amide bonds. The van der Waals surface area contributed by atoms with E-state index in [1.165, 1.54) is 12.1 Å². The molecule has 0 bridgehead atoms. The molecule has 1 fully saturated rings. The first kappa shape index (κ1) is 21.3. The SMILES string of the molecule is Cc1cc(N2CCN(C)CC2)ccc1NC(=O)c1ccc(S(=O)(=O)C(C)C)cc1.